The number of benzene rings is 1. The Morgan fingerprint density at radius 3 is 2.71 bits per heavy atom. The average molecular weight is 232 g/mol. The molecule has 1 unspecified atom stereocenters. The van der Waals surface area contributed by atoms with E-state index in [1.54, 1.807) is 0 Å². The van der Waals surface area contributed by atoms with E-state index < -0.39 is 5.54 Å². The number of oxazole rings is 1. The van der Waals surface area contributed by atoms with Gasteiger partial charge in [-0.2, -0.15) is 0 Å². The summed E-state index contributed by atoms with van der Waals surface area (Å²) in [5.41, 5.74) is 9.85. The highest BCUT2D eigenvalue weighted by Crippen LogP contribution is 2.28. The molecule has 1 aromatic heterocycles. The molecule has 0 aliphatic heterocycles. The fourth-order valence-electron chi connectivity index (χ4n) is 2.25. The van der Waals surface area contributed by atoms with Gasteiger partial charge in [-0.05, 0) is 44.4 Å². The molecular weight excluding hydrogens is 212 g/mol. The first-order valence-corrected chi connectivity index (χ1v) is 6.11. The van der Waals surface area contributed by atoms with E-state index >= 15 is 0 Å². The second-order valence-corrected chi connectivity index (χ2v) is 5.12. The number of aryl methyl sites for hydroxylation is 2. The molecule has 1 heterocycles. The summed E-state index contributed by atoms with van der Waals surface area (Å²) in [6, 6.07) is 4.14. The third kappa shape index (κ3) is 2.20. The van der Waals surface area contributed by atoms with Crippen molar-refractivity contribution >= 4 is 11.1 Å². The molecule has 0 spiro atoms. The normalized spacial score (nSPS) is 15.1. The summed E-state index contributed by atoms with van der Waals surface area (Å²) in [5.74, 6) is 0.642. The Hall–Kier alpha value is -1.35. The number of rotatable bonds is 3. The molecule has 0 aliphatic rings. The lowest BCUT2D eigenvalue weighted by Crippen LogP contribution is -2.33. The van der Waals surface area contributed by atoms with Crippen LogP contribution in [0.5, 0.6) is 0 Å². The molecule has 0 saturated carbocycles. The molecule has 2 aromatic rings. The Bertz CT molecular complexity index is 540. The van der Waals surface area contributed by atoms with Crippen LogP contribution in [0.3, 0.4) is 0 Å². The first-order valence-electron chi connectivity index (χ1n) is 6.11. The molecule has 92 valence electrons. The monoisotopic (exact) mass is 232 g/mol. The second kappa shape index (κ2) is 4.15. The van der Waals surface area contributed by atoms with Gasteiger partial charge in [0.05, 0.1) is 5.54 Å². The molecule has 3 heteroatoms. The highest BCUT2D eigenvalue weighted by atomic mass is 16.4. The van der Waals surface area contributed by atoms with E-state index in [9.17, 15) is 0 Å². The van der Waals surface area contributed by atoms with E-state index in [-0.39, 0.29) is 0 Å². The minimum absolute atomic E-state index is 0.478. The Morgan fingerprint density at radius 1 is 1.35 bits per heavy atom. The summed E-state index contributed by atoms with van der Waals surface area (Å²) >= 11 is 0. The quantitative estimate of drug-likeness (QED) is 0.882. The molecule has 0 aliphatic carbocycles. The minimum Gasteiger partial charge on any atom is -0.438 e. The van der Waals surface area contributed by atoms with Crippen molar-refractivity contribution < 1.29 is 4.42 Å². The van der Waals surface area contributed by atoms with E-state index in [0.717, 1.165) is 29.5 Å². The number of fused-ring (bicyclic) bond motifs is 1. The molecule has 0 saturated heterocycles. The van der Waals surface area contributed by atoms with Gasteiger partial charge in [0.25, 0.3) is 0 Å². The summed E-state index contributed by atoms with van der Waals surface area (Å²) in [5, 5.41) is 0. The van der Waals surface area contributed by atoms with Gasteiger partial charge in [0, 0.05) is 0 Å². The smallest absolute Gasteiger partial charge is 0.215 e. The topological polar surface area (TPSA) is 52.0 Å². The molecular formula is C14H20N2O. The fraction of sp³-hybridized carbons (Fsp3) is 0.500. The number of nitrogens with two attached hydrogens (primary N) is 1. The van der Waals surface area contributed by atoms with E-state index in [4.69, 9.17) is 10.2 Å². The van der Waals surface area contributed by atoms with Gasteiger partial charge < -0.3 is 10.2 Å². The highest BCUT2D eigenvalue weighted by Gasteiger charge is 2.26. The predicted octanol–water partition coefficient (Wildman–Crippen LogP) is 3.42. The Labute approximate surface area is 102 Å². The van der Waals surface area contributed by atoms with Crippen LogP contribution in [0.25, 0.3) is 11.1 Å². The summed E-state index contributed by atoms with van der Waals surface area (Å²) in [6.45, 7) is 8.19. The van der Waals surface area contributed by atoms with Crippen LogP contribution in [0.4, 0.5) is 0 Å². The number of nitrogens with zero attached hydrogens (tertiary/aromatic N) is 1. The first-order chi connectivity index (χ1) is 7.94. The van der Waals surface area contributed by atoms with Gasteiger partial charge >= 0.3 is 0 Å². The van der Waals surface area contributed by atoms with Crippen LogP contribution in [-0.4, -0.2) is 4.98 Å². The van der Waals surface area contributed by atoms with E-state index in [0.29, 0.717) is 5.89 Å². The summed E-state index contributed by atoms with van der Waals surface area (Å²) in [7, 11) is 0. The van der Waals surface area contributed by atoms with Crippen molar-refractivity contribution in [3.05, 3.63) is 29.2 Å². The van der Waals surface area contributed by atoms with Gasteiger partial charge in [0.1, 0.15) is 5.52 Å². The lowest BCUT2D eigenvalue weighted by Gasteiger charge is -2.19. The third-order valence-corrected chi connectivity index (χ3v) is 3.08. The van der Waals surface area contributed by atoms with Gasteiger partial charge in [0.2, 0.25) is 5.89 Å². The van der Waals surface area contributed by atoms with Gasteiger partial charge in [-0.25, -0.2) is 4.98 Å². The Kier molecular flexibility index (Phi) is 2.96. The lowest BCUT2D eigenvalue weighted by molar-refractivity contribution is 0.341. The van der Waals surface area contributed by atoms with Gasteiger partial charge in [-0.1, -0.05) is 19.4 Å². The van der Waals surface area contributed by atoms with Crippen molar-refractivity contribution in [2.75, 3.05) is 0 Å². The van der Waals surface area contributed by atoms with Gasteiger partial charge in [-0.15, -0.1) is 0 Å². The Morgan fingerprint density at radius 2 is 2.06 bits per heavy atom. The van der Waals surface area contributed by atoms with E-state index in [1.807, 2.05) is 19.9 Å². The van der Waals surface area contributed by atoms with Crippen LogP contribution < -0.4 is 5.73 Å². The van der Waals surface area contributed by atoms with Crippen LogP contribution in [0.2, 0.25) is 0 Å². The molecule has 2 rings (SSSR count). The summed E-state index contributed by atoms with van der Waals surface area (Å²) in [6.07, 6.45) is 1.89. The van der Waals surface area contributed by atoms with E-state index in [2.05, 4.69) is 24.9 Å². The maximum absolute atomic E-state index is 6.24. The van der Waals surface area contributed by atoms with Crippen molar-refractivity contribution in [2.24, 2.45) is 5.73 Å². The average Bonchev–Trinajstić information content (AvgIpc) is 2.62. The predicted molar refractivity (Wildman–Crippen MR) is 69.9 cm³/mol. The fourth-order valence-corrected chi connectivity index (χ4v) is 2.25. The van der Waals surface area contributed by atoms with Crippen LogP contribution in [-0.2, 0) is 5.54 Å². The molecule has 1 aromatic carbocycles. The van der Waals surface area contributed by atoms with E-state index in [1.165, 1.54) is 5.56 Å². The van der Waals surface area contributed by atoms with Crippen molar-refractivity contribution in [2.45, 2.75) is 46.1 Å². The molecule has 17 heavy (non-hydrogen) atoms. The molecule has 0 amide bonds. The number of hydrogen-bond donors (Lipinski definition) is 1. The summed E-state index contributed by atoms with van der Waals surface area (Å²) < 4.78 is 5.84. The lowest BCUT2D eigenvalue weighted by atomic mass is 9.98. The van der Waals surface area contributed by atoms with Crippen LogP contribution in [0, 0.1) is 13.8 Å². The molecule has 0 radical (unpaired) electrons. The zero-order chi connectivity index (χ0) is 12.6. The van der Waals surface area contributed by atoms with Crippen molar-refractivity contribution in [1.29, 1.82) is 0 Å². The molecule has 2 N–H and O–H groups in total. The molecule has 0 bridgehead atoms. The molecule has 1 atom stereocenters. The van der Waals surface area contributed by atoms with Gasteiger partial charge in [-0.3, -0.25) is 0 Å². The molecule has 0 fully saturated rings. The minimum atomic E-state index is -0.478. The first kappa shape index (κ1) is 12.1. The number of aromatic nitrogens is 1. The maximum atomic E-state index is 6.24. The van der Waals surface area contributed by atoms with Crippen LogP contribution in [0.15, 0.2) is 16.5 Å². The summed E-state index contributed by atoms with van der Waals surface area (Å²) in [4.78, 5) is 4.53. The maximum Gasteiger partial charge on any atom is 0.215 e. The van der Waals surface area contributed by atoms with Crippen LogP contribution >= 0.6 is 0 Å². The van der Waals surface area contributed by atoms with Crippen molar-refractivity contribution in [3.63, 3.8) is 0 Å². The van der Waals surface area contributed by atoms with Gasteiger partial charge in [0.15, 0.2) is 5.58 Å². The second-order valence-electron chi connectivity index (χ2n) is 5.12. The standard InChI is InChI=1S/C14H20N2O/c1-5-6-14(4,15)13-16-11-8-9(2)7-10(3)12(11)17-13/h7-8H,5-6,15H2,1-4H3. The zero-order valence-electron chi connectivity index (χ0n) is 11.0. The third-order valence-electron chi connectivity index (χ3n) is 3.08. The number of hydrogen-bond acceptors (Lipinski definition) is 3. The largest absolute Gasteiger partial charge is 0.438 e. The van der Waals surface area contributed by atoms with Crippen molar-refractivity contribution in [3.8, 4) is 0 Å². The molecule has 3 nitrogen and oxygen atoms in total. The SMILES string of the molecule is CCCC(C)(N)c1nc2cc(C)cc(C)c2o1. The Balaban J connectivity index is 2.55. The van der Waals surface area contributed by atoms with Crippen molar-refractivity contribution in [1.82, 2.24) is 4.98 Å². The highest BCUT2D eigenvalue weighted by molar-refractivity contribution is 5.77. The van der Waals surface area contributed by atoms with Crippen LogP contribution in [0.1, 0.15) is 43.7 Å². The zero-order valence-corrected chi connectivity index (χ0v) is 11.0.